The maximum Gasteiger partial charge on any atom is 0.340 e. The first-order valence-corrected chi connectivity index (χ1v) is 10.0. The van der Waals surface area contributed by atoms with Crippen molar-refractivity contribution < 1.29 is 14.3 Å². The highest BCUT2D eigenvalue weighted by Gasteiger charge is 2.25. The van der Waals surface area contributed by atoms with E-state index in [1.807, 2.05) is 35.9 Å². The molecule has 3 aromatic rings. The summed E-state index contributed by atoms with van der Waals surface area (Å²) in [4.78, 5) is 32.7. The van der Waals surface area contributed by atoms with Crippen LogP contribution in [0, 0.1) is 20.8 Å². The number of carbonyl (C=O) groups is 2. The smallest absolute Gasteiger partial charge is 0.340 e. The van der Waals surface area contributed by atoms with Gasteiger partial charge in [-0.15, -0.1) is 0 Å². The molecule has 1 N–H and O–H groups in total. The number of ether oxygens (including phenoxy) is 1. The average molecular weight is 398 g/mol. The number of Topliss-reactive ketones (excluding diaryl/α,β-unsaturated/α-hetero) is 1. The van der Waals surface area contributed by atoms with E-state index in [0.717, 1.165) is 16.4 Å². The molecule has 6 nitrogen and oxygen atoms in total. The van der Waals surface area contributed by atoms with Crippen LogP contribution in [0.5, 0.6) is 0 Å². The fraction of sp³-hybridized carbons (Fsp3) is 0.286. The molecule has 0 aliphatic rings. The van der Waals surface area contributed by atoms with Crippen molar-refractivity contribution in [1.29, 1.82) is 0 Å². The van der Waals surface area contributed by atoms with Crippen LogP contribution in [0.4, 0.5) is 0 Å². The number of carbonyl (C=O) groups excluding carboxylic acids is 2. The molecule has 28 heavy (non-hydrogen) atoms. The second kappa shape index (κ2) is 8.48. The van der Waals surface area contributed by atoms with E-state index in [9.17, 15) is 9.59 Å². The van der Waals surface area contributed by atoms with E-state index in [1.165, 1.54) is 11.8 Å². The standard InChI is InChI=1S/C21H23N3O3S/c1-5-27-20(26)19-15(4)23-14(3)18(19)17(25)12-28-21-22-9-10-24(21)16-8-6-7-13(2)11-16/h6-11,23H,5,12H2,1-4H3. The fourth-order valence-corrected chi connectivity index (χ4v) is 4.01. The molecule has 1 aromatic carbocycles. The van der Waals surface area contributed by atoms with E-state index in [-0.39, 0.29) is 18.1 Å². The van der Waals surface area contributed by atoms with Gasteiger partial charge in [0.05, 0.1) is 23.5 Å². The van der Waals surface area contributed by atoms with E-state index >= 15 is 0 Å². The number of nitrogens with zero attached hydrogens (tertiary/aromatic N) is 2. The number of aromatic nitrogens is 3. The Morgan fingerprint density at radius 1 is 1.18 bits per heavy atom. The number of ketones is 1. The third-order valence-corrected chi connectivity index (χ3v) is 5.32. The number of nitrogens with one attached hydrogen (secondary N) is 1. The normalized spacial score (nSPS) is 10.9. The molecular formula is C21H23N3O3S. The van der Waals surface area contributed by atoms with Crippen LogP contribution in [-0.4, -0.2) is 38.6 Å². The molecule has 7 heteroatoms. The van der Waals surface area contributed by atoms with Crippen LogP contribution in [0.15, 0.2) is 41.8 Å². The van der Waals surface area contributed by atoms with E-state index in [0.29, 0.717) is 22.5 Å². The summed E-state index contributed by atoms with van der Waals surface area (Å²) in [5.41, 5.74) is 4.19. The lowest BCUT2D eigenvalue weighted by molar-refractivity contribution is 0.0522. The molecule has 0 fully saturated rings. The SMILES string of the molecule is CCOC(=O)c1c(C)[nH]c(C)c1C(=O)CSc1nccn1-c1cccc(C)c1. The molecule has 3 rings (SSSR count). The zero-order chi connectivity index (χ0) is 20.3. The first-order valence-electron chi connectivity index (χ1n) is 9.05. The third kappa shape index (κ3) is 4.04. The Bertz CT molecular complexity index is 1020. The van der Waals surface area contributed by atoms with Gasteiger partial charge in [-0.05, 0) is 45.4 Å². The summed E-state index contributed by atoms with van der Waals surface area (Å²) < 4.78 is 7.07. The van der Waals surface area contributed by atoms with Crippen molar-refractivity contribution in [3.8, 4) is 5.69 Å². The van der Waals surface area contributed by atoms with Crippen molar-refractivity contribution in [3.63, 3.8) is 0 Å². The molecule has 0 bridgehead atoms. The molecular weight excluding hydrogens is 374 g/mol. The van der Waals surface area contributed by atoms with E-state index in [1.54, 1.807) is 27.0 Å². The minimum Gasteiger partial charge on any atom is -0.462 e. The number of esters is 1. The molecule has 0 unspecified atom stereocenters. The van der Waals surface area contributed by atoms with Crippen LogP contribution in [0.2, 0.25) is 0 Å². The molecule has 0 spiro atoms. The average Bonchev–Trinajstić information content (AvgIpc) is 3.23. The summed E-state index contributed by atoms with van der Waals surface area (Å²) in [5.74, 6) is -0.430. The quantitative estimate of drug-likeness (QED) is 0.366. The third-order valence-electron chi connectivity index (χ3n) is 4.35. The minimum absolute atomic E-state index is 0.131. The monoisotopic (exact) mass is 397 g/mol. The largest absolute Gasteiger partial charge is 0.462 e. The number of hydrogen-bond donors (Lipinski definition) is 1. The van der Waals surface area contributed by atoms with Gasteiger partial charge in [-0.1, -0.05) is 23.9 Å². The second-order valence-electron chi connectivity index (χ2n) is 6.48. The number of hydrogen-bond acceptors (Lipinski definition) is 5. The molecule has 0 atom stereocenters. The number of aryl methyl sites for hydroxylation is 3. The molecule has 0 radical (unpaired) electrons. The first-order chi connectivity index (χ1) is 13.4. The molecule has 146 valence electrons. The number of imidazole rings is 1. The molecule has 0 aliphatic heterocycles. The summed E-state index contributed by atoms with van der Waals surface area (Å²) >= 11 is 1.35. The topological polar surface area (TPSA) is 77.0 Å². The molecule has 0 saturated heterocycles. The number of aromatic amines is 1. The Kier molecular flexibility index (Phi) is 6.04. The number of benzene rings is 1. The van der Waals surface area contributed by atoms with Gasteiger partial charge >= 0.3 is 5.97 Å². The van der Waals surface area contributed by atoms with Gasteiger partial charge in [0.25, 0.3) is 0 Å². The predicted molar refractivity (Wildman–Crippen MR) is 110 cm³/mol. The van der Waals surface area contributed by atoms with E-state index < -0.39 is 5.97 Å². The van der Waals surface area contributed by atoms with Crippen molar-refractivity contribution in [2.45, 2.75) is 32.9 Å². The summed E-state index contributed by atoms with van der Waals surface area (Å²) in [6, 6.07) is 8.08. The minimum atomic E-state index is -0.473. The van der Waals surface area contributed by atoms with Crippen LogP contribution in [0.25, 0.3) is 5.69 Å². The van der Waals surface area contributed by atoms with Crippen LogP contribution in [0.1, 0.15) is 44.6 Å². The van der Waals surface area contributed by atoms with Gasteiger partial charge in [0, 0.05) is 29.5 Å². The Hall–Kier alpha value is -2.80. The van der Waals surface area contributed by atoms with Crippen LogP contribution in [-0.2, 0) is 4.74 Å². The predicted octanol–water partition coefficient (Wildman–Crippen LogP) is 4.28. The molecule has 2 aromatic heterocycles. The number of H-pyrrole nitrogens is 1. The van der Waals surface area contributed by atoms with Gasteiger partial charge in [-0.2, -0.15) is 0 Å². The van der Waals surface area contributed by atoms with Crippen molar-refractivity contribution in [2.75, 3.05) is 12.4 Å². The molecule has 0 amide bonds. The highest BCUT2D eigenvalue weighted by atomic mass is 32.2. The van der Waals surface area contributed by atoms with E-state index in [4.69, 9.17) is 4.74 Å². The van der Waals surface area contributed by atoms with Gasteiger partial charge in [0.2, 0.25) is 0 Å². The fourth-order valence-electron chi connectivity index (χ4n) is 3.16. The van der Waals surface area contributed by atoms with Gasteiger partial charge in [0.15, 0.2) is 10.9 Å². The van der Waals surface area contributed by atoms with Crippen molar-refractivity contribution in [2.24, 2.45) is 0 Å². The molecule has 2 heterocycles. The van der Waals surface area contributed by atoms with E-state index in [2.05, 4.69) is 16.0 Å². The summed E-state index contributed by atoms with van der Waals surface area (Å²) in [5, 5.41) is 0.724. The lowest BCUT2D eigenvalue weighted by Crippen LogP contribution is -2.13. The second-order valence-corrected chi connectivity index (χ2v) is 7.42. The van der Waals surface area contributed by atoms with Gasteiger partial charge < -0.3 is 9.72 Å². The summed E-state index contributed by atoms with van der Waals surface area (Å²) in [6.07, 6.45) is 3.59. The number of thioether (sulfide) groups is 1. The summed E-state index contributed by atoms with van der Waals surface area (Å²) in [7, 11) is 0. The first kappa shape index (κ1) is 19.9. The Balaban J connectivity index is 1.81. The van der Waals surface area contributed by atoms with Crippen LogP contribution in [0.3, 0.4) is 0 Å². The van der Waals surface area contributed by atoms with Crippen molar-refractivity contribution >= 4 is 23.5 Å². The number of rotatable bonds is 7. The summed E-state index contributed by atoms with van der Waals surface area (Å²) in [6.45, 7) is 7.60. The zero-order valence-corrected chi connectivity index (χ0v) is 17.2. The van der Waals surface area contributed by atoms with Gasteiger partial charge in [-0.25, -0.2) is 9.78 Å². The maximum atomic E-state index is 12.9. The Morgan fingerprint density at radius 3 is 2.64 bits per heavy atom. The lowest BCUT2D eigenvalue weighted by atomic mass is 10.1. The highest BCUT2D eigenvalue weighted by molar-refractivity contribution is 7.99. The van der Waals surface area contributed by atoms with Gasteiger partial charge in [0.1, 0.15) is 0 Å². The Labute approximate surface area is 168 Å². The van der Waals surface area contributed by atoms with Crippen LogP contribution >= 0.6 is 11.8 Å². The molecule has 0 aliphatic carbocycles. The van der Waals surface area contributed by atoms with Crippen LogP contribution < -0.4 is 0 Å². The Morgan fingerprint density at radius 2 is 1.93 bits per heavy atom. The van der Waals surface area contributed by atoms with Gasteiger partial charge in [-0.3, -0.25) is 9.36 Å². The zero-order valence-electron chi connectivity index (χ0n) is 16.4. The van der Waals surface area contributed by atoms with Crippen molar-refractivity contribution in [1.82, 2.24) is 14.5 Å². The lowest BCUT2D eigenvalue weighted by Gasteiger charge is -2.09. The maximum absolute atomic E-state index is 12.9. The highest BCUT2D eigenvalue weighted by Crippen LogP contribution is 2.25. The molecule has 0 saturated carbocycles. The van der Waals surface area contributed by atoms with Crippen molar-refractivity contribution in [3.05, 3.63) is 64.7 Å².